The Labute approximate surface area is 318 Å². The van der Waals surface area contributed by atoms with Crippen molar-refractivity contribution in [3.63, 3.8) is 0 Å². The second kappa shape index (κ2) is 13.2. The van der Waals surface area contributed by atoms with Crippen molar-refractivity contribution in [3.8, 4) is 17.0 Å². The number of ketones is 1. The molecule has 53 heavy (non-hydrogen) atoms. The number of nitrogens with one attached hydrogen (secondary N) is 1. The van der Waals surface area contributed by atoms with Crippen molar-refractivity contribution in [2.45, 2.75) is 114 Å². The molecule has 13 heteroatoms. The summed E-state index contributed by atoms with van der Waals surface area (Å²) in [5.41, 5.74) is 2.71. The van der Waals surface area contributed by atoms with E-state index >= 15 is 0 Å². The standard InChI is InChI=1S/C40H48ClN3O8S/c1-20-30(34(46)42-32-35(47)44-33(37(48)49)38(2,3)53-36(32)44)31(43-52-20)21-6-10-28(27(41)18-21)50-16-17-51-29-11-9-25-24-8-7-22-19-23(45)12-14-39(22,4)26(24)13-15-40(25,29)5/h6,10,18-19,24-26,29,32-33,36H,7-9,11-17H2,1-5H3,(H,42,46)(H,48,49). The van der Waals surface area contributed by atoms with Crippen LogP contribution in [0.2, 0.25) is 5.02 Å². The molecular weight excluding hydrogens is 718 g/mol. The number of nitrogens with zero attached hydrogens (tertiary/aromatic N) is 2. The van der Waals surface area contributed by atoms with Gasteiger partial charge in [0.25, 0.3) is 5.91 Å². The molecule has 8 rings (SSSR count). The zero-order valence-electron chi connectivity index (χ0n) is 30.9. The number of amides is 2. The lowest BCUT2D eigenvalue weighted by molar-refractivity contribution is -0.159. The smallest absolute Gasteiger partial charge is 0.327 e. The third kappa shape index (κ3) is 5.84. The van der Waals surface area contributed by atoms with Crippen molar-refractivity contribution in [2.24, 2.45) is 28.6 Å². The van der Waals surface area contributed by atoms with Crippen molar-refractivity contribution in [2.75, 3.05) is 13.2 Å². The molecule has 4 aliphatic carbocycles. The van der Waals surface area contributed by atoms with Gasteiger partial charge in [-0.25, -0.2) is 4.79 Å². The van der Waals surface area contributed by atoms with E-state index in [1.807, 2.05) is 6.08 Å². The van der Waals surface area contributed by atoms with Gasteiger partial charge in [0.15, 0.2) is 5.78 Å². The summed E-state index contributed by atoms with van der Waals surface area (Å²) in [6.45, 7) is 10.8. The molecule has 2 saturated heterocycles. The number of carboxylic acids is 1. The van der Waals surface area contributed by atoms with Crippen LogP contribution >= 0.6 is 23.4 Å². The molecule has 3 heterocycles. The summed E-state index contributed by atoms with van der Waals surface area (Å²) in [5.74, 6) is 1.00. The summed E-state index contributed by atoms with van der Waals surface area (Å²) in [6, 6.07) is 3.33. The summed E-state index contributed by atoms with van der Waals surface area (Å²) in [7, 11) is 0. The first kappa shape index (κ1) is 36.6. The Morgan fingerprint density at radius 2 is 1.87 bits per heavy atom. The predicted molar refractivity (Wildman–Crippen MR) is 199 cm³/mol. The molecule has 9 atom stereocenters. The molecule has 3 saturated carbocycles. The molecule has 2 amide bonds. The van der Waals surface area contributed by atoms with E-state index in [-0.39, 0.29) is 34.0 Å². The van der Waals surface area contributed by atoms with E-state index in [4.69, 9.17) is 25.6 Å². The second-order valence-corrected chi connectivity index (χ2v) is 19.1. The number of benzene rings is 1. The van der Waals surface area contributed by atoms with Crippen LogP contribution in [0.25, 0.3) is 11.3 Å². The number of hydrogen-bond donors (Lipinski definition) is 2. The fourth-order valence-corrected chi connectivity index (χ4v) is 12.9. The minimum Gasteiger partial charge on any atom is -0.490 e. The number of halogens is 1. The van der Waals surface area contributed by atoms with Gasteiger partial charge in [0, 0.05) is 16.7 Å². The lowest BCUT2D eigenvalue weighted by Gasteiger charge is -2.58. The molecule has 5 fully saturated rings. The molecule has 6 aliphatic rings. The van der Waals surface area contributed by atoms with Crippen molar-refractivity contribution < 1.29 is 38.3 Å². The molecular formula is C40H48ClN3O8S. The topological polar surface area (TPSA) is 148 Å². The fraction of sp³-hybridized carbons (Fsp3) is 0.625. The molecule has 2 aromatic rings. The van der Waals surface area contributed by atoms with Crippen LogP contribution in [0.15, 0.2) is 34.4 Å². The molecule has 284 valence electrons. The Bertz CT molecular complexity index is 1910. The zero-order valence-corrected chi connectivity index (χ0v) is 32.5. The van der Waals surface area contributed by atoms with Crippen LogP contribution in [0.4, 0.5) is 0 Å². The lowest BCUT2D eigenvalue weighted by atomic mass is 9.47. The highest BCUT2D eigenvalue weighted by Crippen LogP contribution is 2.65. The highest BCUT2D eigenvalue weighted by Gasteiger charge is 2.64. The summed E-state index contributed by atoms with van der Waals surface area (Å²) < 4.78 is 17.3. The minimum absolute atomic E-state index is 0.140. The highest BCUT2D eigenvalue weighted by molar-refractivity contribution is 8.01. The number of β-lactam (4-membered cyclic amide) rings is 1. The molecule has 0 bridgehead atoms. The van der Waals surface area contributed by atoms with Gasteiger partial charge in [-0.05, 0) is 119 Å². The van der Waals surface area contributed by atoms with Crippen LogP contribution in [0.5, 0.6) is 5.75 Å². The van der Waals surface area contributed by atoms with Crippen molar-refractivity contribution in [3.05, 3.63) is 46.2 Å². The maximum Gasteiger partial charge on any atom is 0.327 e. The Balaban J connectivity index is 0.871. The molecule has 1 aromatic carbocycles. The second-order valence-electron chi connectivity index (χ2n) is 17.0. The van der Waals surface area contributed by atoms with Crippen molar-refractivity contribution >= 4 is 46.9 Å². The maximum absolute atomic E-state index is 13.5. The third-order valence-electron chi connectivity index (χ3n) is 13.8. The number of allylic oxidation sites excluding steroid dienone is 1. The number of thioether (sulfide) groups is 1. The number of hydrogen-bond acceptors (Lipinski definition) is 9. The molecule has 2 N–H and O–H groups in total. The summed E-state index contributed by atoms with van der Waals surface area (Å²) in [5, 5.41) is 16.5. The zero-order chi connectivity index (χ0) is 37.6. The number of aliphatic carboxylic acids is 1. The number of carbonyl (C=O) groups excluding carboxylic acids is 3. The Kier molecular flexibility index (Phi) is 9.09. The van der Waals surface area contributed by atoms with E-state index in [0.717, 1.165) is 25.7 Å². The summed E-state index contributed by atoms with van der Waals surface area (Å²) in [6.07, 6.45) is 10.6. The first-order valence-corrected chi connectivity index (χ1v) is 20.2. The number of carbonyl (C=O) groups is 4. The van der Waals surface area contributed by atoms with Crippen LogP contribution < -0.4 is 10.1 Å². The molecule has 1 aromatic heterocycles. The van der Waals surface area contributed by atoms with Gasteiger partial charge in [-0.15, -0.1) is 11.8 Å². The van der Waals surface area contributed by atoms with Crippen LogP contribution in [0, 0.1) is 35.5 Å². The fourth-order valence-electron chi connectivity index (χ4n) is 11.1. The van der Waals surface area contributed by atoms with Gasteiger partial charge in [0.05, 0.1) is 17.7 Å². The van der Waals surface area contributed by atoms with Gasteiger partial charge in [-0.2, -0.15) is 0 Å². The first-order chi connectivity index (χ1) is 25.1. The Hall–Kier alpha value is -3.35. The number of rotatable bonds is 9. The van der Waals surface area contributed by atoms with Crippen molar-refractivity contribution in [1.29, 1.82) is 0 Å². The number of carboxylic acid groups (broad SMARTS) is 1. The van der Waals surface area contributed by atoms with Crippen LogP contribution in [-0.4, -0.2) is 80.3 Å². The third-order valence-corrected chi connectivity index (χ3v) is 15.7. The number of aromatic nitrogens is 1. The minimum atomic E-state index is -1.07. The van der Waals surface area contributed by atoms with Gasteiger partial charge < -0.3 is 29.3 Å². The Morgan fingerprint density at radius 3 is 2.62 bits per heavy atom. The van der Waals surface area contributed by atoms with Gasteiger partial charge >= 0.3 is 5.97 Å². The Morgan fingerprint density at radius 1 is 1.08 bits per heavy atom. The molecule has 9 unspecified atom stereocenters. The van der Waals surface area contributed by atoms with Gasteiger partial charge in [-0.1, -0.05) is 36.2 Å². The number of aryl methyl sites for hydroxylation is 1. The quantitative estimate of drug-likeness (QED) is 0.205. The van der Waals surface area contributed by atoms with E-state index in [9.17, 15) is 24.3 Å². The molecule has 2 aliphatic heterocycles. The van der Waals surface area contributed by atoms with Gasteiger partial charge in [0.1, 0.15) is 46.8 Å². The van der Waals surface area contributed by atoms with Crippen LogP contribution in [-0.2, 0) is 19.1 Å². The SMILES string of the molecule is Cc1onc(-c2ccc(OCCOC3CCC4C5CCC6=CC(=O)CCC6(C)C5CCC34C)c(Cl)c2)c1C(=O)NC1C(=O)N2C1SC(C)(C)C2C(=O)O. The van der Waals surface area contributed by atoms with E-state index in [1.165, 1.54) is 41.5 Å². The van der Waals surface area contributed by atoms with E-state index < -0.39 is 40.0 Å². The van der Waals surface area contributed by atoms with Crippen molar-refractivity contribution in [1.82, 2.24) is 15.4 Å². The average molecular weight is 766 g/mol. The molecule has 11 nitrogen and oxygen atoms in total. The molecule has 0 spiro atoms. The van der Waals surface area contributed by atoms with Gasteiger partial charge in [-0.3, -0.25) is 14.4 Å². The average Bonchev–Trinajstić information content (AvgIpc) is 3.74. The van der Waals surface area contributed by atoms with E-state index in [1.54, 1.807) is 39.0 Å². The lowest BCUT2D eigenvalue weighted by Crippen LogP contribution is -2.70. The predicted octanol–water partition coefficient (Wildman–Crippen LogP) is 6.84. The highest BCUT2D eigenvalue weighted by atomic mass is 35.5. The first-order valence-electron chi connectivity index (χ1n) is 18.9. The monoisotopic (exact) mass is 765 g/mol. The van der Waals surface area contributed by atoms with E-state index in [2.05, 4.69) is 24.3 Å². The normalized spacial score (nSPS) is 35.4. The summed E-state index contributed by atoms with van der Waals surface area (Å²) in [4.78, 5) is 52.0. The van der Waals surface area contributed by atoms with E-state index in [0.29, 0.717) is 59.5 Å². The van der Waals surface area contributed by atoms with Crippen LogP contribution in [0.3, 0.4) is 0 Å². The number of ether oxygens (including phenoxy) is 2. The maximum atomic E-state index is 13.5. The largest absolute Gasteiger partial charge is 0.490 e. The molecule has 0 radical (unpaired) electrons. The summed E-state index contributed by atoms with van der Waals surface area (Å²) >= 11 is 8.04. The van der Waals surface area contributed by atoms with Crippen LogP contribution in [0.1, 0.15) is 95.2 Å². The number of fused-ring (bicyclic) bond motifs is 6. The van der Waals surface area contributed by atoms with Gasteiger partial charge in [0.2, 0.25) is 5.91 Å².